The van der Waals surface area contributed by atoms with E-state index in [4.69, 9.17) is 0 Å². The number of fused-ring (bicyclic) bond motifs is 2. The number of carbonyl (C=O) groups is 1. The number of amides is 1. The van der Waals surface area contributed by atoms with Gasteiger partial charge in [-0.25, -0.2) is 0 Å². The minimum absolute atomic E-state index is 0.0865. The van der Waals surface area contributed by atoms with Crippen molar-refractivity contribution in [3.63, 3.8) is 0 Å². The monoisotopic (exact) mass is 535 g/mol. The minimum atomic E-state index is 0.0865. The molecule has 5 aromatic rings. The number of piperazine rings is 1. The van der Waals surface area contributed by atoms with E-state index in [0.29, 0.717) is 5.69 Å². The van der Waals surface area contributed by atoms with Crippen LogP contribution in [0.3, 0.4) is 0 Å². The first-order chi connectivity index (χ1) is 19.6. The maximum Gasteiger partial charge on any atom is 0.227 e. The van der Waals surface area contributed by atoms with Crippen molar-refractivity contribution >= 4 is 39.1 Å². The molecule has 6 heterocycles. The Balaban J connectivity index is 1.19. The second kappa shape index (κ2) is 10.3. The lowest BCUT2D eigenvalue weighted by Gasteiger charge is -2.34. The summed E-state index contributed by atoms with van der Waals surface area (Å²) in [5.41, 5.74) is 7.05. The fraction of sp³-hybridized carbons (Fsp3) is 0.367. The van der Waals surface area contributed by atoms with Gasteiger partial charge in [-0.1, -0.05) is 19.3 Å². The number of hydrogen-bond donors (Lipinski definition) is 3. The molecule has 2 fully saturated rings. The molecule has 0 radical (unpaired) electrons. The number of H-pyrrole nitrogens is 2. The van der Waals surface area contributed by atoms with E-state index in [1.54, 1.807) is 18.6 Å². The van der Waals surface area contributed by atoms with E-state index in [9.17, 15) is 4.79 Å². The van der Waals surface area contributed by atoms with Crippen LogP contribution in [0.1, 0.15) is 32.1 Å². The third kappa shape index (κ3) is 4.68. The molecule has 1 aliphatic carbocycles. The number of nitrogens with zero attached hydrogens (tertiary/aromatic N) is 6. The van der Waals surface area contributed by atoms with Gasteiger partial charge in [0.15, 0.2) is 0 Å². The zero-order valence-corrected chi connectivity index (χ0v) is 22.7. The Morgan fingerprint density at radius 2 is 1.73 bits per heavy atom. The molecule has 3 N–H and O–H groups in total. The first-order valence-electron chi connectivity index (χ1n) is 14.1. The van der Waals surface area contributed by atoms with Crippen LogP contribution < -0.4 is 10.2 Å². The van der Waals surface area contributed by atoms with Crippen LogP contribution in [0.25, 0.3) is 44.5 Å². The van der Waals surface area contributed by atoms with E-state index < -0.39 is 0 Å². The Labute approximate surface area is 232 Å². The molecule has 0 bridgehead atoms. The molecule has 2 aliphatic rings. The first kappa shape index (κ1) is 24.7. The normalized spacial score (nSPS) is 17.1. The number of hydrogen-bond acceptors (Lipinski definition) is 7. The van der Waals surface area contributed by atoms with Gasteiger partial charge >= 0.3 is 0 Å². The molecule has 5 aromatic heterocycles. The lowest BCUT2D eigenvalue weighted by Crippen LogP contribution is -2.44. The fourth-order valence-electron chi connectivity index (χ4n) is 6.00. The van der Waals surface area contributed by atoms with E-state index in [0.717, 1.165) is 102 Å². The van der Waals surface area contributed by atoms with Gasteiger partial charge in [0.05, 0.1) is 58.6 Å². The zero-order chi connectivity index (χ0) is 27.1. The molecule has 1 aliphatic heterocycles. The number of nitrogens with one attached hydrogen (secondary N) is 3. The van der Waals surface area contributed by atoms with E-state index in [1.165, 1.54) is 6.42 Å². The van der Waals surface area contributed by atoms with Gasteiger partial charge in [-0.3, -0.25) is 24.8 Å². The topological polar surface area (TPSA) is 119 Å². The van der Waals surface area contributed by atoms with Gasteiger partial charge in [-0.2, -0.15) is 5.10 Å². The maximum atomic E-state index is 12.8. The predicted molar refractivity (Wildman–Crippen MR) is 157 cm³/mol. The molecule has 7 rings (SSSR count). The number of rotatable bonds is 5. The molecule has 10 nitrogen and oxygen atoms in total. The summed E-state index contributed by atoms with van der Waals surface area (Å²) in [6.07, 6.45) is 14.5. The van der Waals surface area contributed by atoms with Gasteiger partial charge in [0.2, 0.25) is 5.91 Å². The van der Waals surface area contributed by atoms with E-state index >= 15 is 0 Å². The van der Waals surface area contributed by atoms with Gasteiger partial charge in [0.1, 0.15) is 5.69 Å². The molecule has 1 amide bonds. The van der Waals surface area contributed by atoms with Gasteiger partial charge in [0, 0.05) is 54.6 Å². The van der Waals surface area contributed by atoms with Gasteiger partial charge < -0.3 is 20.1 Å². The van der Waals surface area contributed by atoms with Crippen molar-refractivity contribution in [2.45, 2.75) is 32.1 Å². The Morgan fingerprint density at radius 3 is 2.58 bits per heavy atom. The summed E-state index contributed by atoms with van der Waals surface area (Å²) in [6.45, 7) is 4.03. The van der Waals surface area contributed by atoms with Crippen molar-refractivity contribution in [2.24, 2.45) is 5.92 Å². The smallest absolute Gasteiger partial charge is 0.227 e. The molecule has 0 unspecified atom stereocenters. The second-order valence-corrected chi connectivity index (χ2v) is 11.1. The van der Waals surface area contributed by atoms with Crippen LogP contribution in [0, 0.1) is 5.92 Å². The molecule has 40 heavy (non-hydrogen) atoms. The minimum Gasteiger partial charge on any atom is -0.367 e. The Bertz CT molecular complexity index is 1680. The van der Waals surface area contributed by atoms with Crippen molar-refractivity contribution in [1.29, 1.82) is 0 Å². The van der Waals surface area contributed by atoms with Crippen molar-refractivity contribution in [3.05, 3.63) is 49.2 Å². The quantitative estimate of drug-likeness (QED) is 0.295. The van der Waals surface area contributed by atoms with Crippen molar-refractivity contribution in [2.75, 3.05) is 43.4 Å². The van der Waals surface area contributed by atoms with Crippen molar-refractivity contribution < 1.29 is 4.79 Å². The SMILES string of the molecule is CN1CCN(c2cncc3[nH]c(-c4n[nH]c5cnc(-c6cncc(NC(=O)C7CCCCC7)c6)cc45)cc23)CC1. The second-order valence-electron chi connectivity index (χ2n) is 11.1. The first-order valence-corrected chi connectivity index (χ1v) is 14.1. The van der Waals surface area contributed by atoms with Gasteiger partial charge in [0.25, 0.3) is 0 Å². The predicted octanol–water partition coefficient (Wildman–Crippen LogP) is 4.83. The molecule has 204 valence electrons. The fourth-order valence-corrected chi connectivity index (χ4v) is 6.00. The highest BCUT2D eigenvalue weighted by atomic mass is 16.1. The molecule has 0 atom stereocenters. The Morgan fingerprint density at radius 1 is 0.900 bits per heavy atom. The molecule has 1 saturated heterocycles. The van der Waals surface area contributed by atoms with E-state index in [-0.39, 0.29) is 11.8 Å². The summed E-state index contributed by atoms with van der Waals surface area (Å²) in [4.78, 5) is 34.7. The standard InChI is InChI=1S/C30H33N9O/c1-38-7-9-39(10-8-38)28-18-32-16-26-22(28)12-25(35-26)29-23-13-24(33-17-27(23)36-37-29)20-11-21(15-31-14-20)34-30(40)19-5-3-2-4-6-19/h11-19,35H,2-10H2,1H3,(H,34,40)(H,36,37). The van der Waals surface area contributed by atoms with Crippen LogP contribution in [0.2, 0.25) is 0 Å². The summed E-state index contributed by atoms with van der Waals surface area (Å²) in [6, 6.07) is 6.14. The molecular weight excluding hydrogens is 502 g/mol. The molecule has 1 saturated carbocycles. The number of pyridine rings is 3. The zero-order valence-electron chi connectivity index (χ0n) is 22.7. The Hall–Kier alpha value is -4.31. The summed E-state index contributed by atoms with van der Waals surface area (Å²) in [5.74, 6) is 0.173. The highest BCUT2D eigenvalue weighted by Crippen LogP contribution is 2.34. The van der Waals surface area contributed by atoms with E-state index in [2.05, 4.69) is 58.4 Å². The van der Waals surface area contributed by atoms with Crippen LogP contribution >= 0.6 is 0 Å². The van der Waals surface area contributed by atoms with Crippen LogP contribution in [0.5, 0.6) is 0 Å². The van der Waals surface area contributed by atoms with Crippen LogP contribution in [0.4, 0.5) is 11.4 Å². The highest BCUT2D eigenvalue weighted by Gasteiger charge is 2.22. The van der Waals surface area contributed by atoms with Crippen LogP contribution in [-0.4, -0.2) is 74.2 Å². The van der Waals surface area contributed by atoms with E-state index in [1.807, 2.05) is 24.5 Å². The summed E-state index contributed by atoms with van der Waals surface area (Å²) >= 11 is 0. The summed E-state index contributed by atoms with van der Waals surface area (Å²) in [5, 5.41) is 13.0. The van der Waals surface area contributed by atoms with Crippen LogP contribution in [-0.2, 0) is 4.79 Å². The van der Waals surface area contributed by atoms with Crippen LogP contribution in [0.15, 0.2) is 49.2 Å². The van der Waals surface area contributed by atoms with Crippen molar-refractivity contribution in [3.8, 4) is 22.6 Å². The number of aromatic amines is 2. The van der Waals surface area contributed by atoms with Gasteiger partial charge in [-0.15, -0.1) is 0 Å². The largest absolute Gasteiger partial charge is 0.367 e. The third-order valence-corrected chi connectivity index (χ3v) is 8.35. The number of carbonyl (C=O) groups excluding carboxylic acids is 1. The maximum absolute atomic E-state index is 12.8. The summed E-state index contributed by atoms with van der Waals surface area (Å²) in [7, 11) is 2.16. The van der Waals surface area contributed by atoms with Gasteiger partial charge in [-0.05, 0) is 38.1 Å². The third-order valence-electron chi connectivity index (χ3n) is 8.35. The average molecular weight is 536 g/mol. The Kier molecular flexibility index (Phi) is 6.39. The lowest BCUT2D eigenvalue weighted by molar-refractivity contribution is -0.120. The molecular formula is C30H33N9O. The molecule has 0 spiro atoms. The number of likely N-dealkylation sites (N-methyl/N-ethyl adjacent to an activating group) is 1. The van der Waals surface area contributed by atoms with Crippen molar-refractivity contribution in [1.82, 2.24) is 35.0 Å². The molecule has 10 heteroatoms. The lowest BCUT2D eigenvalue weighted by atomic mass is 9.88. The number of aromatic nitrogens is 6. The summed E-state index contributed by atoms with van der Waals surface area (Å²) < 4.78 is 0. The highest BCUT2D eigenvalue weighted by molar-refractivity contribution is 6.00. The average Bonchev–Trinajstić information content (AvgIpc) is 3.62. The molecule has 0 aromatic carbocycles. The number of anilines is 2.